The van der Waals surface area contributed by atoms with Crippen molar-refractivity contribution in [2.75, 3.05) is 6.54 Å². The molecule has 0 fully saturated rings. The van der Waals surface area contributed by atoms with Crippen LogP contribution in [0.15, 0.2) is 24.0 Å². The third kappa shape index (κ3) is 1.38. The number of nitrogens with zero attached hydrogens (tertiary/aromatic N) is 2. The van der Waals surface area contributed by atoms with Crippen LogP contribution in [0.3, 0.4) is 0 Å². The maximum Gasteiger partial charge on any atom is 0.0965 e. The standard InChI is InChI=1S/C8H10N2/c1-2-10-5-3-4-8(6-9)7-10/h3,5,7H,2,4H2,1H3. The Labute approximate surface area is 61.1 Å². The molecule has 0 N–H and O–H groups in total. The van der Waals surface area contributed by atoms with Crippen LogP contribution in [-0.4, -0.2) is 11.4 Å². The summed E-state index contributed by atoms with van der Waals surface area (Å²) in [7, 11) is 0. The summed E-state index contributed by atoms with van der Waals surface area (Å²) in [5.41, 5.74) is 0.837. The first-order chi connectivity index (χ1) is 4.86. The number of rotatable bonds is 1. The van der Waals surface area contributed by atoms with Gasteiger partial charge in [-0.3, -0.25) is 0 Å². The molecule has 1 heterocycles. The second kappa shape index (κ2) is 3.07. The molecule has 2 heteroatoms. The summed E-state index contributed by atoms with van der Waals surface area (Å²) in [6.07, 6.45) is 6.68. The van der Waals surface area contributed by atoms with Crippen LogP contribution in [-0.2, 0) is 0 Å². The Morgan fingerprint density at radius 3 is 3.20 bits per heavy atom. The lowest BCUT2D eigenvalue weighted by Crippen LogP contribution is -2.11. The molecule has 0 spiro atoms. The van der Waals surface area contributed by atoms with Crippen molar-refractivity contribution in [1.29, 1.82) is 5.26 Å². The van der Waals surface area contributed by atoms with Crippen LogP contribution in [0.1, 0.15) is 13.3 Å². The highest BCUT2D eigenvalue weighted by Gasteiger charge is 2.00. The zero-order valence-electron chi connectivity index (χ0n) is 6.04. The lowest BCUT2D eigenvalue weighted by molar-refractivity contribution is 0.523. The highest BCUT2D eigenvalue weighted by atomic mass is 15.1. The van der Waals surface area contributed by atoms with Crippen LogP contribution < -0.4 is 0 Å². The van der Waals surface area contributed by atoms with E-state index in [-0.39, 0.29) is 0 Å². The fourth-order valence-corrected chi connectivity index (χ4v) is 0.882. The molecule has 0 aliphatic carbocycles. The molecule has 0 atom stereocenters. The Bertz CT molecular complexity index is 208. The first-order valence-corrected chi connectivity index (χ1v) is 3.40. The van der Waals surface area contributed by atoms with Gasteiger partial charge in [0.2, 0.25) is 0 Å². The van der Waals surface area contributed by atoms with Crippen molar-refractivity contribution >= 4 is 0 Å². The number of allylic oxidation sites excluding steroid dienone is 2. The molecule has 10 heavy (non-hydrogen) atoms. The Balaban J connectivity index is 2.65. The maximum absolute atomic E-state index is 8.53. The van der Waals surface area contributed by atoms with E-state index in [1.54, 1.807) is 0 Å². The molecule has 0 saturated heterocycles. The summed E-state index contributed by atoms with van der Waals surface area (Å²) >= 11 is 0. The van der Waals surface area contributed by atoms with E-state index in [9.17, 15) is 0 Å². The molecule has 1 rings (SSSR count). The SMILES string of the molecule is CCN1C=CCC(C#N)=C1. The lowest BCUT2D eigenvalue weighted by atomic mass is 10.2. The lowest BCUT2D eigenvalue weighted by Gasteiger charge is -2.16. The van der Waals surface area contributed by atoms with E-state index < -0.39 is 0 Å². The first-order valence-electron chi connectivity index (χ1n) is 3.40. The van der Waals surface area contributed by atoms with E-state index in [1.165, 1.54) is 0 Å². The van der Waals surface area contributed by atoms with Gasteiger partial charge < -0.3 is 4.90 Å². The third-order valence-electron chi connectivity index (χ3n) is 1.47. The largest absolute Gasteiger partial charge is 0.354 e. The summed E-state index contributed by atoms with van der Waals surface area (Å²) < 4.78 is 0. The van der Waals surface area contributed by atoms with Crippen molar-refractivity contribution in [1.82, 2.24) is 4.90 Å². The molecule has 0 aromatic carbocycles. The molecule has 1 aliphatic heterocycles. The van der Waals surface area contributed by atoms with Crippen LogP contribution >= 0.6 is 0 Å². The van der Waals surface area contributed by atoms with Gasteiger partial charge in [0.05, 0.1) is 6.07 Å². The quantitative estimate of drug-likeness (QED) is 0.545. The summed E-state index contributed by atoms with van der Waals surface area (Å²) in [6.45, 7) is 2.99. The Morgan fingerprint density at radius 2 is 2.60 bits per heavy atom. The minimum absolute atomic E-state index is 0.785. The van der Waals surface area contributed by atoms with Crippen molar-refractivity contribution < 1.29 is 0 Å². The van der Waals surface area contributed by atoms with Gasteiger partial charge in [0.25, 0.3) is 0 Å². The van der Waals surface area contributed by atoms with E-state index in [1.807, 2.05) is 23.4 Å². The van der Waals surface area contributed by atoms with E-state index in [0.29, 0.717) is 0 Å². The van der Waals surface area contributed by atoms with E-state index in [0.717, 1.165) is 18.5 Å². The summed E-state index contributed by atoms with van der Waals surface area (Å²) in [5.74, 6) is 0. The van der Waals surface area contributed by atoms with Crippen molar-refractivity contribution in [3.8, 4) is 6.07 Å². The fraction of sp³-hybridized carbons (Fsp3) is 0.375. The van der Waals surface area contributed by atoms with Crippen LogP contribution in [0.25, 0.3) is 0 Å². The minimum atomic E-state index is 0.785. The van der Waals surface area contributed by atoms with Gasteiger partial charge >= 0.3 is 0 Å². The van der Waals surface area contributed by atoms with Gasteiger partial charge in [0.1, 0.15) is 0 Å². The molecule has 0 amide bonds. The monoisotopic (exact) mass is 134 g/mol. The molecular weight excluding hydrogens is 124 g/mol. The van der Waals surface area contributed by atoms with Crippen LogP contribution in [0, 0.1) is 11.3 Å². The van der Waals surface area contributed by atoms with Crippen LogP contribution in [0.2, 0.25) is 0 Å². The zero-order chi connectivity index (χ0) is 7.40. The summed E-state index contributed by atoms with van der Waals surface area (Å²) in [4.78, 5) is 2.00. The van der Waals surface area contributed by atoms with Crippen molar-refractivity contribution in [3.05, 3.63) is 24.0 Å². The van der Waals surface area contributed by atoms with Crippen molar-refractivity contribution in [2.45, 2.75) is 13.3 Å². The average molecular weight is 134 g/mol. The van der Waals surface area contributed by atoms with Gasteiger partial charge in [-0.25, -0.2) is 0 Å². The minimum Gasteiger partial charge on any atom is -0.354 e. The number of hydrogen-bond acceptors (Lipinski definition) is 2. The summed E-state index contributed by atoms with van der Waals surface area (Å²) in [6, 6.07) is 2.14. The second-order valence-corrected chi connectivity index (χ2v) is 2.19. The molecule has 0 bridgehead atoms. The number of hydrogen-bond donors (Lipinski definition) is 0. The first kappa shape index (κ1) is 6.88. The molecule has 0 aromatic rings. The van der Waals surface area contributed by atoms with Crippen molar-refractivity contribution in [3.63, 3.8) is 0 Å². The zero-order valence-corrected chi connectivity index (χ0v) is 6.04. The van der Waals surface area contributed by atoms with Gasteiger partial charge in [0, 0.05) is 24.7 Å². The predicted molar refractivity (Wildman–Crippen MR) is 39.8 cm³/mol. The second-order valence-electron chi connectivity index (χ2n) is 2.19. The highest BCUT2D eigenvalue weighted by molar-refractivity contribution is 5.26. The van der Waals surface area contributed by atoms with E-state index in [4.69, 9.17) is 5.26 Å². The Kier molecular flexibility index (Phi) is 2.11. The number of nitriles is 1. The molecule has 2 nitrogen and oxygen atoms in total. The smallest absolute Gasteiger partial charge is 0.0965 e. The van der Waals surface area contributed by atoms with Crippen LogP contribution in [0.4, 0.5) is 0 Å². The van der Waals surface area contributed by atoms with Gasteiger partial charge in [-0.15, -0.1) is 0 Å². The van der Waals surface area contributed by atoms with Crippen LogP contribution in [0.5, 0.6) is 0 Å². The van der Waals surface area contributed by atoms with Gasteiger partial charge in [-0.2, -0.15) is 5.26 Å². The Morgan fingerprint density at radius 1 is 1.80 bits per heavy atom. The van der Waals surface area contributed by atoms with E-state index >= 15 is 0 Å². The highest BCUT2D eigenvalue weighted by Crippen LogP contribution is 2.09. The summed E-state index contributed by atoms with van der Waals surface area (Å²) in [5, 5.41) is 8.53. The maximum atomic E-state index is 8.53. The molecule has 1 aliphatic rings. The molecule has 52 valence electrons. The molecular formula is C8H10N2. The third-order valence-corrected chi connectivity index (χ3v) is 1.47. The van der Waals surface area contributed by atoms with Crippen molar-refractivity contribution in [2.24, 2.45) is 0 Å². The Hall–Kier alpha value is -1.23. The predicted octanol–water partition coefficient (Wildman–Crippen LogP) is 1.63. The molecule has 0 aromatic heterocycles. The average Bonchev–Trinajstić information content (AvgIpc) is 2.05. The van der Waals surface area contributed by atoms with Gasteiger partial charge in [-0.1, -0.05) is 6.08 Å². The fourth-order valence-electron chi connectivity index (χ4n) is 0.882. The topological polar surface area (TPSA) is 27.0 Å². The van der Waals surface area contributed by atoms with Gasteiger partial charge in [-0.05, 0) is 13.1 Å². The van der Waals surface area contributed by atoms with E-state index in [2.05, 4.69) is 13.0 Å². The normalized spacial score (nSPS) is 16.4. The molecule has 0 unspecified atom stereocenters. The molecule has 0 radical (unpaired) electrons. The molecule has 0 saturated carbocycles. The van der Waals surface area contributed by atoms with Gasteiger partial charge in [0.15, 0.2) is 0 Å².